The van der Waals surface area contributed by atoms with Crippen LogP contribution in [0.25, 0.3) is 0 Å². The Morgan fingerprint density at radius 2 is 0.556 bits per heavy atom. The molecule has 0 heterocycles. The second-order valence-corrected chi connectivity index (χ2v) is 9.00. The molecule has 0 aliphatic carbocycles. The fraction of sp³-hybridized carbons (Fsp3) is 1.00. The Morgan fingerprint density at radius 1 is 0.556 bits per heavy atom. The van der Waals surface area contributed by atoms with E-state index in [2.05, 4.69) is 40.0 Å². The molecule has 0 bridgehead atoms. The van der Waals surface area contributed by atoms with Crippen LogP contribution in [0.3, 0.4) is 0 Å². The number of rotatable bonds is 0. The second-order valence-electron chi connectivity index (χ2n) is 3.00. The summed E-state index contributed by atoms with van der Waals surface area (Å²) in [6.07, 6.45) is 0. The first-order valence-corrected chi connectivity index (χ1v) is 9.00. The van der Waals surface area contributed by atoms with Gasteiger partial charge in [-0.3, -0.25) is 0 Å². The summed E-state index contributed by atoms with van der Waals surface area (Å²) < 4.78 is 0. The number of hydrogen-bond acceptors (Lipinski definition) is 0. The molecule has 0 aromatic rings. The molecule has 0 saturated carbocycles. The quantitative estimate of drug-likeness (QED) is 0.588. The van der Waals surface area contributed by atoms with E-state index in [0.29, 0.717) is 0 Å². The molecule has 0 aliphatic rings. The van der Waals surface area contributed by atoms with Crippen LogP contribution in [0.4, 0.5) is 0 Å². The Bertz CT molecular complexity index is 26.5. The van der Waals surface area contributed by atoms with E-state index in [9.17, 15) is 0 Å². The third-order valence-electron chi connectivity index (χ3n) is 0. The van der Waals surface area contributed by atoms with Crippen LogP contribution in [0, 0.1) is 0 Å². The van der Waals surface area contributed by atoms with E-state index in [-0.39, 0.29) is 36.9 Å². The fourth-order valence-corrected chi connectivity index (χ4v) is 0. The molecular formula is C6H20P2Pt+2. The van der Waals surface area contributed by atoms with E-state index in [0.717, 1.165) is 0 Å². The zero-order valence-electron chi connectivity index (χ0n) is 7.32. The van der Waals surface area contributed by atoms with Crippen LogP contribution >= 0.6 is 15.8 Å². The van der Waals surface area contributed by atoms with Crippen LogP contribution in [0.5, 0.6) is 0 Å². The Hall–Kier alpha value is 1.55. The van der Waals surface area contributed by atoms with E-state index in [1.54, 1.807) is 0 Å². The van der Waals surface area contributed by atoms with E-state index < -0.39 is 0 Å². The molecule has 0 nitrogen and oxygen atoms in total. The van der Waals surface area contributed by atoms with E-state index in [4.69, 9.17) is 0 Å². The zero-order chi connectivity index (χ0) is 7.15. The first-order chi connectivity index (χ1) is 3.46. The van der Waals surface area contributed by atoms with Crippen LogP contribution in [0.15, 0.2) is 0 Å². The summed E-state index contributed by atoms with van der Waals surface area (Å²) in [4.78, 5) is 0. The summed E-state index contributed by atoms with van der Waals surface area (Å²) in [5, 5.41) is 0. The van der Waals surface area contributed by atoms with Crippen LogP contribution < -0.4 is 0 Å². The summed E-state index contributed by atoms with van der Waals surface area (Å²) in [6, 6.07) is 0. The molecule has 0 unspecified atom stereocenters. The topological polar surface area (TPSA) is 0 Å². The van der Waals surface area contributed by atoms with Crippen molar-refractivity contribution < 1.29 is 21.1 Å². The van der Waals surface area contributed by atoms with Gasteiger partial charge in [-0.1, -0.05) is 0 Å². The zero-order valence-corrected chi connectivity index (χ0v) is 11.6. The summed E-state index contributed by atoms with van der Waals surface area (Å²) in [7, 11) is 0.241. The predicted molar refractivity (Wildman–Crippen MR) is 52.2 cm³/mol. The molecule has 0 aromatic heterocycles. The molecule has 0 aromatic carbocycles. The molecule has 0 N–H and O–H groups in total. The minimum absolute atomic E-state index is 0. The molecule has 0 rings (SSSR count). The van der Waals surface area contributed by atoms with Gasteiger partial charge in [0.25, 0.3) is 0 Å². The van der Waals surface area contributed by atoms with E-state index in [1.165, 1.54) is 0 Å². The van der Waals surface area contributed by atoms with Crippen molar-refractivity contribution in [3.63, 3.8) is 0 Å². The normalized spacial score (nSPS) is 8.00. The van der Waals surface area contributed by atoms with Gasteiger partial charge >= 0.3 is 0 Å². The smallest absolute Gasteiger partial charge is 0.00840 e. The Morgan fingerprint density at radius 3 is 0.556 bits per heavy atom. The van der Waals surface area contributed by atoms with Crippen LogP contribution in [-0.2, 0) is 21.1 Å². The van der Waals surface area contributed by atoms with Gasteiger partial charge in [-0.05, 0) is 15.8 Å². The minimum atomic E-state index is 0. The van der Waals surface area contributed by atoms with Crippen molar-refractivity contribution >= 4 is 15.8 Å². The molecule has 3 heteroatoms. The van der Waals surface area contributed by atoms with Gasteiger partial charge < -0.3 is 0 Å². The van der Waals surface area contributed by atoms with Gasteiger partial charge in [0.05, 0.1) is 0 Å². The maximum Gasteiger partial charge on any atom is 0.0461 e. The molecule has 0 radical (unpaired) electrons. The largest absolute Gasteiger partial charge is 0.0461 e. The minimum Gasteiger partial charge on any atom is -0.00840 e. The van der Waals surface area contributed by atoms with Crippen LogP contribution in [0.1, 0.15) is 0 Å². The first kappa shape index (κ1) is 16.9. The molecule has 62 valence electrons. The molecule has 0 spiro atoms. The van der Waals surface area contributed by atoms with Crippen LogP contribution in [0.2, 0.25) is 0 Å². The van der Waals surface area contributed by atoms with E-state index >= 15 is 0 Å². The Labute approximate surface area is 77.0 Å². The van der Waals surface area contributed by atoms with Gasteiger partial charge in [0, 0.05) is 61.1 Å². The van der Waals surface area contributed by atoms with E-state index in [1.807, 2.05) is 0 Å². The van der Waals surface area contributed by atoms with Crippen molar-refractivity contribution in [2.75, 3.05) is 40.0 Å². The summed E-state index contributed by atoms with van der Waals surface area (Å²) >= 11 is 0. The summed E-state index contributed by atoms with van der Waals surface area (Å²) in [5.41, 5.74) is 0. The van der Waals surface area contributed by atoms with Crippen molar-refractivity contribution in [3.05, 3.63) is 0 Å². The van der Waals surface area contributed by atoms with Crippen molar-refractivity contribution in [2.45, 2.75) is 0 Å². The monoisotopic (exact) mass is 349 g/mol. The molecule has 0 aliphatic heterocycles. The SMILES string of the molecule is C[PH+](C)C.C[PH+](C)C.[Pt]. The first-order valence-electron chi connectivity index (χ1n) is 3.00. The van der Waals surface area contributed by atoms with Gasteiger partial charge in [0.2, 0.25) is 0 Å². The van der Waals surface area contributed by atoms with Crippen LogP contribution in [-0.4, -0.2) is 40.0 Å². The second kappa shape index (κ2) is 12.2. The molecule has 9 heavy (non-hydrogen) atoms. The molecule has 0 amide bonds. The average molecular weight is 349 g/mol. The third-order valence-corrected chi connectivity index (χ3v) is 0. The maximum atomic E-state index is 2.27. The van der Waals surface area contributed by atoms with Gasteiger partial charge in [0.15, 0.2) is 0 Å². The standard InChI is InChI=1S/2C3H9P.Pt/c2*1-4(2)3;/h2*1-3H3;/p+2. The van der Waals surface area contributed by atoms with Crippen molar-refractivity contribution in [3.8, 4) is 0 Å². The van der Waals surface area contributed by atoms with Gasteiger partial charge in [-0.15, -0.1) is 0 Å². The van der Waals surface area contributed by atoms with Gasteiger partial charge in [-0.2, -0.15) is 0 Å². The van der Waals surface area contributed by atoms with Crippen molar-refractivity contribution in [1.82, 2.24) is 0 Å². The number of hydrogen-bond donors (Lipinski definition) is 0. The molecular weight excluding hydrogens is 329 g/mol. The third kappa shape index (κ3) is 227. The van der Waals surface area contributed by atoms with Gasteiger partial charge in [-0.25, -0.2) is 0 Å². The van der Waals surface area contributed by atoms with Crippen molar-refractivity contribution in [2.24, 2.45) is 0 Å². The van der Waals surface area contributed by atoms with Gasteiger partial charge in [0.1, 0.15) is 0 Å². The van der Waals surface area contributed by atoms with Crippen molar-refractivity contribution in [1.29, 1.82) is 0 Å². The molecule has 0 fully saturated rings. The molecule has 0 saturated heterocycles. The predicted octanol–water partition coefficient (Wildman–Crippen LogP) is 2.18. The Kier molecular flexibility index (Phi) is 23.0. The summed E-state index contributed by atoms with van der Waals surface area (Å²) in [6.45, 7) is 13.6. The average Bonchev–Trinajstić information content (AvgIpc) is 1.25. The summed E-state index contributed by atoms with van der Waals surface area (Å²) in [5.74, 6) is 0. The molecule has 0 atom stereocenters. The maximum absolute atomic E-state index is 2.27. The Balaban J connectivity index is -0.0000000720. The fourth-order valence-electron chi connectivity index (χ4n) is 0.